The van der Waals surface area contributed by atoms with E-state index < -0.39 is 5.69 Å². The second-order valence-electron chi connectivity index (χ2n) is 2.56. The summed E-state index contributed by atoms with van der Waals surface area (Å²) in [5.41, 5.74) is 0.269. The predicted molar refractivity (Wildman–Crippen MR) is 44.2 cm³/mol. The average Bonchev–Trinajstić information content (AvgIpc) is 2.48. The van der Waals surface area contributed by atoms with Crippen LogP contribution in [0.1, 0.15) is 0 Å². The van der Waals surface area contributed by atoms with Crippen LogP contribution in [0, 0.1) is 0 Å². The molecule has 62 valence electrons. The Bertz CT molecular complexity index is 531. The molecule has 0 spiro atoms. The van der Waals surface area contributed by atoms with Crippen molar-refractivity contribution >= 4 is 11.0 Å². The van der Waals surface area contributed by atoms with E-state index in [4.69, 9.17) is 0 Å². The van der Waals surface area contributed by atoms with Crippen molar-refractivity contribution < 1.29 is 0 Å². The number of rotatable bonds is 0. The zero-order chi connectivity index (χ0) is 8.72. The molecule has 0 aliphatic carbocycles. The summed E-state index contributed by atoms with van der Waals surface area (Å²) in [5.74, 6) is 0. The van der Waals surface area contributed by atoms with Crippen LogP contribution < -0.4 is 11.2 Å². The molecule has 0 aromatic carbocycles. The van der Waals surface area contributed by atoms with Crippen LogP contribution in [0.3, 0.4) is 0 Å². The van der Waals surface area contributed by atoms with Gasteiger partial charge in [0.25, 0.3) is 5.56 Å². The topological polar surface area (TPSA) is 70.7 Å². The van der Waals surface area contributed by atoms with Crippen LogP contribution in [0.4, 0.5) is 0 Å². The maximum atomic E-state index is 11.3. The molecule has 0 amide bonds. The van der Waals surface area contributed by atoms with Gasteiger partial charge in [0.15, 0.2) is 0 Å². The molecule has 2 rings (SSSR count). The van der Waals surface area contributed by atoms with Gasteiger partial charge in [-0.15, -0.1) is 0 Å². The van der Waals surface area contributed by atoms with Gasteiger partial charge in [0.05, 0.1) is 5.52 Å². The van der Waals surface area contributed by atoms with E-state index in [1.807, 2.05) is 0 Å². The van der Waals surface area contributed by atoms with Gasteiger partial charge in [-0.2, -0.15) is 0 Å². The van der Waals surface area contributed by atoms with Crippen LogP contribution in [0.25, 0.3) is 11.0 Å². The summed E-state index contributed by atoms with van der Waals surface area (Å²) < 4.78 is 1.03. The minimum atomic E-state index is -0.396. The number of hydrogen-bond acceptors (Lipinski definition) is 2. The summed E-state index contributed by atoms with van der Waals surface area (Å²) in [6.45, 7) is 0. The Morgan fingerprint density at radius 2 is 2.17 bits per heavy atom. The SMILES string of the molecule is Cn1c(=O)[nH]c2cc[nH]c2c1=O. The fourth-order valence-corrected chi connectivity index (χ4v) is 1.11. The molecule has 2 N–H and O–H groups in total. The molecule has 0 saturated heterocycles. The molecule has 5 nitrogen and oxygen atoms in total. The van der Waals surface area contributed by atoms with E-state index in [-0.39, 0.29) is 5.56 Å². The van der Waals surface area contributed by atoms with E-state index in [9.17, 15) is 9.59 Å². The number of aromatic amines is 2. The third-order valence-corrected chi connectivity index (χ3v) is 1.81. The van der Waals surface area contributed by atoms with E-state index in [0.29, 0.717) is 11.0 Å². The second-order valence-corrected chi connectivity index (χ2v) is 2.56. The van der Waals surface area contributed by atoms with Crippen LogP contribution in [-0.4, -0.2) is 14.5 Å². The molecule has 0 bridgehead atoms. The molecule has 0 atom stereocenters. The fraction of sp³-hybridized carbons (Fsp3) is 0.143. The number of nitrogens with zero attached hydrogens (tertiary/aromatic N) is 1. The number of fused-ring (bicyclic) bond motifs is 1. The summed E-state index contributed by atoms with van der Waals surface area (Å²) >= 11 is 0. The first-order valence-corrected chi connectivity index (χ1v) is 3.46. The molecule has 2 aromatic heterocycles. The van der Waals surface area contributed by atoms with Crippen LogP contribution >= 0.6 is 0 Å². The highest BCUT2D eigenvalue weighted by atomic mass is 16.2. The lowest BCUT2D eigenvalue weighted by Crippen LogP contribution is -2.32. The highest BCUT2D eigenvalue weighted by molar-refractivity contribution is 5.72. The van der Waals surface area contributed by atoms with Gasteiger partial charge in [-0.3, -0.25) is 9.36 Å². The van der Waals surface area contributed by atoms with E-state index >= 15 is 0 Å². The first-order chi connectivity index (χ1) is 5.70. The van der Waals surface area contributed by atoms with Gasteiger partial charge < -0.3 is 9.97 Å². The highest BCUT2D eigenvalue weighted by Crippen LogP contribution is 1.98. The molecule has 0 saturated carbocycles. The summed E-state index contributed by atoms with van der Waals surface area (Å²) in [6, 6.07) is 1.65. The summed E-state index contributed by atoms with van der Waals surface area (Å²) in [7, 11) is 1.43. The summed E-state index contributed by atoms with van der Waals surface area (Å²) in [6.07, 6.45) is 1.61. The summed E-state index contributed by atoms with van der Waals surface area (Å²) in [5, 5.41) is 0. The number of H-pyrrole nitrogens is 2. The minimum absolute atomic E-state index is 0.307. The largest absolute Gasteiger partial charge is 0.355 e. The first kappa shape index (κ1) is 6.90. The van der Waals surface area contributed by atoms with Crippen LogP contribution in [0.5, 0.6) is 0 Å². The number of hydrogen-bond donors (Lipinski definition) is 2. The third kappa shape index (κ3) is 0.730. The van der Waals surface area contributed by atoms with Gasteiger partial charge in [-0.1, -0.05) is 0 Å². The lowest BCUT2D eigenvalue weighted by atomic mass is 10.4. The van der Waals surface area contributed by atoms with Crippen molar-refractivity contribution in [3.63, 3.8) is 0 Å². The van der Waals surface area contributed by atoms with Crippen LogP contribution in [0.2, 0.25) is 0 Å². The Morgan fingerprint density at radius 1 is 1.42 bits per heavy atom. The Balaban J connectivity index is 3.16. The van der Waals surface area contributed by atoms with E-state index in [2.05, 4.69) is 9.97 Å². The first-order valence-electron chi connectivity index (χ1n) is 3.46. The molecule has 12 heavy (non-hydrogen) atoms. The Hall–Kier alpha value is -1.78. The van der Waals surface area contributed by atoms with Gasteiger partial charge in [0.2, 0.25) is 0 Å². The zero-order valence-corrected chi connectivity index (χ0v) is 6.42. The van der Waals surface area contributed by atoms with Gasteiger partial charge in [-0.25, -0.2) is 4.79 Å². The van der Waals surface area contributed by atoms with Crippen LogP contribution in [0.15, 0.2) is 21.9 Å². The quantitative estimate of drug-likeness (QED) is 0.555. The number of nitrogens with one attached hydrogen (secondary N) is 2. The molecular formula is C7H7N3O2. The molecule has 2 aromatic rings. The van der Waals surface area contributed by atoms with Crippen molar-refractivity contribution in [2.45, 2.75) is 0 Å². The summed E-state index contributed by atoms with van der Waals surface area (Å²) in [4.78, 5) is 27.7. The van der Waals surface area contributed by atoms with E-state index in [0.717, 1.165) is 4.57 Å². The molecule has 0 fully saturated rings. The second kappa shape index (κ2) is 2.10. The monoisotopic (exact) mass is 165 g/mol. The molecule has 0 unspecified atom stereocenters. The highest BCUT2D eigenvalue weighted by Gasteiger charge is 2.03. The van der Waals surface area contributed by atoms with Gasteiger partial charge in [0, 0.05) is 13.2 Å². The van der Waals surface area contributed by atoms with Crippen LogP contribution in [-0.2, 0) is 7.05 Å². The minimum Gasteiger partial charge on any atom is -0.355 e. The fourth-order valence-electron chi connectivity index (χ4n) is 1.11. The Kier molecular flexibility index (Phi) is 1.21. The van der Waals surface area contributed by atoms with Crippen molar-refractivity contribution in [3.05, 3.63) is 33.1 Å². The van der Waals surface area contributed by atoms with Crippen molar-refractivity contribution in [2.75, 3.05) is 0 Å². The van der Waals surface area contributed by atoms with Gasteiger partial charge in [-0.05, 0) is 6.07 Å². The average molecular weight is 165 g/mol. The van der Waals surface area contributed by atoms with Crippen molar-refractivity contribution in [1.82, 2.24) is 14.5 Å². The predicted octanol–water partition coefficient (Wildman–Crippen LogP) is -0.445. The normalized spacial score (nSPS) is 10.8. The lowest BCUT2D eigenvalue weighted by molar-refractivity contribution is 0.792. The Labute approximate surface area is 66.7 Å². The maximum absolute atomic E-state index is 11.3. The Morgan fingerprint density at radius 3 is 2.92 bits per heavy atom. The standard InChI is InChI=1S/C7H7N3O2/c1-10-6(11)5-4(2-3-8-5)9-7(10)12/h2-3,8H,1H3,(H,9,12). The molecule has 0 aliphatic rings. The van der Waals surface area contributed by atoms with Gasteiger partial charge in [0.1, 0.15) is 5.52 Å². The van der Waals surface area contributed by atoms with Crippen molar-refractivity contribution in [3.8, 4) is 0 Å². The lowest BCUT2D eigenvalue weighted by Gasteiger charge is -1.94. The smallest absolute Gasteiger partial charge is 0.328 e. The van der Waals surface area contributed by atoms with E-state index in [1.54, 1.807) is 12.3 Å². The molecule has 0 aliphatic heterocycles. The van der Waals surface area contributed by atoms with Crippen molar-refractivity contribution in [2.24, 2.45) is 7.05 Å². The third-order valence-electron chi connectivity index (χ3n) is 1.81. The molecule has 2 heterocycles. The van der Waals surface area contributed by atoms with E-state index in [1.165, 1.54) is 7.05 Å². The molecular weight excluding hydrogens is 158 g/mol. The molecule has 5 heteroatoms. The molecule has 0 radical (unpaired) electrons. The maximum Gasteiger partial charge on any atom is 0.328 e. The van der Waals surface area contributed by atoms with Gasteiger partial charge >= 0.3 is 5.69 Å². The van der Waals surface area contributed by atoms with Crippen molar-refractivity contribution in [1.29, 1.82) is 0 Å². The number of aromatic nitrogens is 3. The zero-order valence-electron chi connectivity index (χ0n) is 6.42.